The maximum Gasteiger partial charge on any atom is 0.275 e. The second-order valence-electron chi connectivity index (χ2n) is 9.67. The van der Waals surface area contributed by atoms with E-state index in [1.807, 2.05) is 4.90 Å². The summed E-state index contributed by atoms with van der Waals surface area (Å²) in [4.78, 5) is 26.4. The monoisotopic (exact) mass is 469 g/mol. The molecule has 4 rings (SSSR count). The van der Waals surface area contributed by atoms with E-state index in [9.17, 15) is 9.90 Å². The summed E-state index contributed by atoms with van der Waals surface area (Å²) in [5.74, 6) is 0.544. The van der Waals surface area contributed by atoms with Crippen molar-refractivity contribution in [1.29, 1.82) is 0 Å². The predicted octanol–water partition coefficient (Wildman–Crippen LogP) is 2.53. The second kappa shape index (κ2) is 11.3. The summed E-state index contributed by atoms with van der Waals surface area (Å²) >= 11 is 0. The van der Waals surface area contributed by atoms with Gasteiger partial charge < -0.3 is 19.3 Å². The van der Waals surface area contributed by atoms with Crippen molar-refractivity contribution in [3.05, 3.63) is 47.2 Å². The molecule has 1 N–H and O–H groups in total. The lowest BCUT2D eigenvalue weighted by atomic mass is 10.1. The Balaban J connectivity index is 1.25. The minimum Gasteiger partial charge on any atom is -0.447 e. The van der Waals surface area contributed by atoms with Crippen LogP contribution in [-0.4, -0.2) is 95.7 Å². The molecule has 0 bridgehead atoms. The first-order valence-corrected chi connectivity index (χ1v) is 12.6. The molecule has 2 aliphatic rings. The lowest BCUT2D eigenvalue weighted by molar-refractivity contribution is 0.0634. The molecule has 34 heavy (non-hydrogen) atoms. The van der Waals surface area contributed by atoms with E-state index in [1.54, 1.807) is 0 Å². The largest absolute Gasteiger partial charge is 0.447 e. The molecule has 2 aromatic rings. The average molecular weight is 470 g/mol. The quantitative estimate of drug-likeness (QED) is 0.637. The molecule has 0 aliphatic carbocycles. The van der Waals surface area contributed by atoms with Crippen LogP contribution in [0.15, 0.2) is 28.9 Å². The Hall–Kier alpha value is -2.42. The van der Waals surface area contributed by atoms with Gasteiger partial charge in [0.05, 0.1) is 12.6 Å². The lowest BCUT2D eigenvalue weighted by Crippen LogP contribution is -2.49. The summed E-state index contributed by atoms with van der Waals surface area (Å²) in [5.41, 5.74) is 4.24. The summed E-state index contributed by atoms with van der Waals surface area (Å²) in [6.07, 6.45) is 3.13. The van der Waals surface area contributed by atoms with Gasteiger partial charge in [-0.05, 0) is 31.4 Å². The molecular formula is C26H39N5O3. The van der Waals surface area contributed by atoms with Gasteiger partial charge in [0.15, 0.2) is 5.69 Å². The van der Waals surface area contributed by atoms with Gasteiger partial charge in [-0.15, -0.1) is 0 Å². The van der Waals surface area contributed by atoms with Crippen LogP contribution < -0.4 is 4.90 Å². The third-order valence-electron chi connectivity index (χ3n) is 7.01. The van der Waals surface area contributed by atoms with Crippen molar-refractivity contribution in [2.45, 2.75) is 46.3 Å². The van der Waals surface area contributed by atoms with Gasteiger partial charge in [-0.1, -0.05) is 31.5 Å². The standard InChI is InChI=1S/C26H39N5O3/c1-4-6-22(32)17-28-9-11-29(12-10-28)18-24-27-23(19-34-24)26(33)31-15-13-30(14-16-31)25-20(2)7-5-8-21(25)3/h5,7-8,19,22,32H,4,6,9-18H2,1-3H3. The average Bonchev–Trinajstić information content (AvgIpc) is 3.29. The molecule has 186 valence electrons. The van der Waals surface area contributed by atoms with Gasteiger partial charge in [0.1, 0.15) is 6.26 Å². The molecule has 1 unspecified atom stereocenters. The number of para-hydroxylation sites is 1. The zero-order chi connectivity index (χ0) is 24.1. The van der Waals surface area contributed by atoms with Crippen molar-refractivity contribution < 1.29 is 14.3 Å². The number of carbonyl (C=O) groups is 1. The molecule has 2 fully saturated rings. The first-order chi connectivity index (χ1) is 16.4. The minimum atomic E-state index is -0.237. The van der Waals surface area contributed by atoms with Gasteiger partial charge in [0, 0.05) is 64.6 Å². The highest BCUT2D eigenvalue weighted by Gasteiger charge is 2.26. The Morgan fingerprint density at radius 1 is 1.03 bits per heavy atom. The summed E-state index contributed by atoms with van der Waals surface area (Å²) in [6.45, 7) is 14.4. The lowest BCUT2D eigenvalue weighted by Gasteiger charge is -2.37. The summed E-state index contributed by atoms with van der Waals surface area (Å²) in [6, 6.07) is 6.38. The number of nitrogens with zero attached hydrogens (tertiary/aromatic N) is 5. The zero-order valence-corrected chi connectivity index (χ0v) is 20.9. The highest BCUT2D eigenvalue weighted by Crippen LogP contribution is 2.26. The molecule has 0 saturated carbocycles. The fraction of sp³-hybridized carbons (Fsp3) is 0.615. The van der Waals surface area contributed by atoms with Gasteiger partial charge in [-0.2, -0.15) is 0 Å². The highest BCUT2D eigenvalue weighted by molar-refractivity contribution is 5.92. The maximum atomic E-state index is 13.0. The number of aryl methyl sites for hydroxylation is 2. The van der Waals surface area contributed by atoms with Crippen molar-refractivity contribution in [2.75, 3.05) is 63.8 Å². The van der Waals surface area contributed by atoms with Gasteiger partial charge in [-0.3, -0.25) is 14.6 Å². The number of rotatable bonds is 8. The van der Waals surface area contributed by atoms with Crippen LogP contribution in [0.4, 0.5) is 5.69 Å². The van der Waals surface area contributed by atoms with Gasteiger partial charge in [0.2, 0.25) is 5.89 Å². The molecule has 8 heteroatoms. The molecule has 0 spiro atoms. The molecule has 3 heterocycles. The normalized spacial score (nSPS) is 18.9. The molecule has 8 nitrogen and oxygen atoms in total. The van der Waals surface area contributed by atoms with Gasteiger partial charge >= 0.3 is 0 Å². The molecule has 2 aliphatic heterocycles. The SMILES string of the molecule is CCCC(O)CN1CCN(Cc2nc(C(=O)N3CCN(c4c(C)cccc4C)CC3)co2)CC1. The van der Waals surface area contributed by atoms with E-state index < -0.39 is 0 Å². The van der Waals surface area contributed by atoms with E-state index in [2.05, 4.69) is 58.7 Å². The first kappa shape index (κ1) is 24.7. The van der Waals surface area contributed by atoms with Crippen molar-refractivity contribution in [3.63, 3.8) is 0 Å². The van der Waals surface area contributed by atoms with Crippen LogP contribution in [0.5, 0.6) is 0 Å². The molecule has 1 aromatic carbocycles. The van der Waals surface area contributed by atoms with Crippen molar-refractivity contribution in [2.24, 2.45) is 0 Å². The van der Waals surface area contributed by atoms with E-state index in [0.29, 0.717) is 31.2 Å². The van der Waals surface area contributed by atoms with Crippen LogP contribution in [0.3, 0.4) is 0 Å². The Morgan fingerprint density at radius 3 is 2.32 bits per heavy atom. The number of benzene rings is 1. The summed E-state index contributed by atoms with van der Waals surface area (Å²) in [7, 11) is 0. The number of hydrogen-bond donors (Lipinski definition) is 1. The highest BCUT2D eigenvalue weighted by atomic mass is 16.3. The second-order valence-corrected chi connectivity index (χ2v) is 9.67. The Labute approximate surface area is 203 Å². The van der Waals surface area contributed by atoms with E-state index in [4.69, 9.17) is 4.42 Å². The third-order valence-corrected chi connectivity index (χ3v) is 7.01. The number of β-amino-alcohol motifs (C(OH)–C–C–N with tert-alkyl or cyclic N) is 1. The van der Waals surface area contributed by atoms with Crippen LogP contribution in [0.2, 0.25) is 0 Å². The van der Waals surface area contributed by atoms with E-state index in [-0.39, 0.29) is 12.0 Å². The van der Waals surface area contributed by atoms with Crippen LogP contribution in [0.25, 0.3) is 0 Å². The molecule has 0 radical (unpaired) electrons. The Bertz CT molecular complexity index is 925. The molecular weight excluding hydrogens is 430 g/mol. The summed E-state index contributed by atoms with van der Waals surface area (Å²) in [5, 5.41) is 10.0. The van der Waals surface area contributed by atoms with Crippen molar-refractivity contribution >= 4 is 11.6 Å². The number of oxazole rings is 1. The zero-order valence-electron chi connectivity index (χ0n) is 20.9. The van der Waals surface area contributed by atoms with Crippen LogP contribution in [0, 0.1) is 13.8 Å². The van der Waals surface area contributed by atoms with Gasteiger partial charge in [0.25, 0.3) is 5.91 Å². The molecule has 1 aromatic heterocycles. The van der Waals surface area contributed by atoms with Crippen molar-refractivity contribution in [1.82, 2.24) is 19.7 Å². The number of aliphatic hydroxyl groups is 1. The molecule has 2 saturated heterocycles. The fourth-order valence-electron chi connectivity index (χ4n) is 5.13. The topological polar surface area (TPSA) is 76.3 Å². The van der Waals surface area contributed by atoms with E-state index >= 15 is 0 Å². The molecule has 1 atom stereocenters. The van der Waals surface area contributed by atoms with Crippen molar-refractivity contribution in [3.8, 4) is 0 Å². The van der Waals surface area contributed by atoms with Gasteiger partial charge in [-0.25, -0.2) is 4.98 Å². The van der Waals surface area contributed by atoms with E-state index in [1.165, 1.54) is 23.1 Å². The number of anilines is 1. The van der Waals surface area contributed by atoms with E-state index in [0.717, 1.165) is 58.7 Å². The predicted molar refractivity (Wildman–Crippen MR) is 133 cm³/mol. The number of aliphatic hydroxyl groups excluding tert-OH is 1. The number of aromatic nitrogens is 1. The first-order valence-electron chi connectivity index (χ1n) is 12.6. The smallest absolute Gasteiger partial charge is 0.275 e. The molecule has 1 amide bonds. The van der Waals surface area contributed by atoms with Crippen LogP contribution >= 0.6 is 0 Å². The van der Waals surface area contributed by atoms with Crippen LogP contribution in [-0.2, 0) is 6.54 Å². The Morgan fingerprint density at radius 2 is 1.68 bits per heavy atom. The third kappa shape index (κ3) is 5.98. The number of hydrogen-bond acceptors (Lipinski definition) is 7. The summed E-state index contributed by atoms with van der Waals surface area (Å²) < 4.78 is 5.66. The number of amides is 1. The number of carbonyl (C=O) groups excluding carboxylic acids is 1. The number of piperazine rings is 2. The maximum absolute atomic E-state index is 13.0. The minimum absolute atomic E-state index is 0.0501. The Kier molecular flexibility index (Phi) is 8.24. The fourth-order valence-corrected chi connectivity index (χ4v) is 5.13. The van der Waals surface area contributed by atoms with Crippen LogP contribution in [0.1, 0.15) is 47.3 Å².